The van der Waals surface area contributed by atoms with Gasteiger partial charge in [0.15, 0.2) is 0 Å². The van der Waals surface area contributed by atoms with Gasteiger partial charge in [-0.15, -0.1) is 0 Å². The Balaban J connectivity index is 3.26. The minimum atomic E-state index is -2.93. The smallest absolute Gasteiger partial charge is 0.352 e. The molecule has 0 atom stereocenters. The number of aliphatic carboxylic acids is 2. The van der Waals surface area contributed by atoms with E-state index < -0.39 is 17.5 Å². The van der Waals surface area contributed by atoms with E-state index >= 15 is 0 Å². The summed E-state index contributed by atoms with van der Waals surface area (Å²) in [4.78, 5) is 22.0. The number of carboxylic acid groups (broad SMARTS) is 2. The average molecular weight is 267 g/mol. The predicted octanol–water partition coefficient (Wildman–Crippen LogP) is 1.17. The van der Waals surface area contributed by atoms with Crippen molar-refractivity contribution in [2.75, 3.05) is 5.32 Å². The van der Waals surface area contributed by atoms with Crippen LogP contribution in [0.1, 0.15) is 25.0 Å². The van der Waals surface area contributed by atoms with Crippen LogP contribution in [0.5, 0.6) is 0 Å². The second kappa shape index (κ2) is 5.27. The molecule has 1 aromatic rings. The molecule has 1 aromatic carbocycles. The van der Waals surface area contributed by atoms with Crippen LogP contribution in [-0.2, 0) is 15.2 Å². The van der Waals surface area contributed by atoms with Gasteiger partial charge in [-0.2, -0.15) is 0 Å². The third kappa shape index (κ3) is 2.85. The third-order valence-corrected chi connectivity index (χ3v) is 2.71. The lowest BCUT2D eigenvalue weighted by atomic mass is 9.92. The van der Waals surface area contributed by atoms with Crippen molar-refractivity contribution in [2.45, 2.75) is 32.4 Å². The number of hydrogen-bond donors (Lipinski definition) is 4. The van der Waals surface area contributed by atoms with E-state index in [1.165, 1.54) is 12.1 Å². The van der Waals surface area contributed by atoms with Gasteiger partial charge in [0.1, 0.15) is 0 Å². The van der Waals surface area contributed by atoms with Gasteiger partial charge >= 0.3 is 11.9 Å². The van der Waals surface area contributed by atoms with E-state index in [1.807, 2.05) is 13.8 Å². The van der Waals surface area contributed by atoms with Gasteiger partial charge in [-0.05, 0) is 38.5 Å². The summed E-state index contributed by atoms with van der Waals surface area (Å²) in [5, 5.41) is 30.8. The molecule has 104 valence electrons. The Morgan fingerprint density at radius 2 is 1.74 bits per heavy atom. The highest BCUT2D eigenvalue weighted by atomic mass is 16.4. The predicted molar refractivity (Wildman–Crippen MR) is 69.1 cm³/mol. The fourth-order valence-electron chi connectivity index (χ4n) is 1.70. The first-order valence-electron chi connectivity index (χ1n) is 5.76. The number of carbonyl (C=O) groups is 2. The fraction of sp³-hybridized carbons (Fsp3) is 0.385. The van der Waals surface area contributed by atoms with E-state index in [0.717, 1.165) is 5.69 Å². The van der Waals surface area contributed by atoms with Crippen LogP contribution in [0.3, 0.4) is 0 Å². The van der Waals surface area contributed by atoms with Crippen molar-refractivity contribution in [3.05, 3.63) is 29.3 Å². The summed E-state index contributed by atoms with van der Waals surface area (Å²) >= 11 is 0. The molecule has 0 unspecified atom stereocenters. The number of hydrogen-bond acceptors (Lipinski definition) is 4. The normalized spacial score (nSPS) is 11.4. The zero-order valence-electron chi connectivity index (χ0n) is 11.0. The molecular weight excluding hydrogens is 250 g/mol. The maximum atomic E-state index is 11.0. The molecular formula is C13H17NO5. The Kier molecular flexibility index (Phi) is 4.16. The summed E-state index contributed by atoms with van der Waals surface area (Å²) in [7, 11) is 0. The van der Waals surface area contributed by atoms with Gasteiger partial charge in [-0.1, -0.05) is 6.07 Å². The third-order valence-electron chi connectivity index (χ3n) is 2.71. The molecule has 0 bridgehead atoms. The molecule has 6 nitrogen and oxygen atoms in total. The molecule has 0 spiro atoms. The van der Waals surface area contributed by atoms with E-state index in [-0.39, 0.29) is 11.6 Å². The van der Waals surface area contributed by atoms with Crippen molar-refractivity contribution in [2.24, 2.45) is 0 Å². The number of aliphatic hydroxyl groups is 1. The summed E-state index contributed by atoms with van der Waals surface area (Å²) in [6.45, 7) is 5.59. The average Bonchev–Trinajstić information content (AvgIpc) is 2.29. The number of carboxylic acids is 2. The molecule has 0 heterocycles. The summed E-state index contributed by atoms with van der Waals surface area (Å²) in [6, 6.07) is 4.39. The minimum Gasteiger partial charge on any atom is -0.478 e. The molecule has 19 heavy (non-hydrogen) atoms. The molecule has 0 aromatic heterocycles. The van der Waals surface area contributed by atoms with Crippen molar-refractivity contribution in [3.8, 4) is 0 Å². The maximum absolute atomic E-state index is 11.0. The number of nitrogens with one attached hydrogen (secondary N) is 1. The SMILES string of the molecule is Cc1cc(C(O)(C(=O)O)C(=O)O)ccc1NC(C)C. The van der Waals surface area contributed by atoms with E-state index in [1.54, 1.807) is 13.0 Å². The Bertz CT molecular complexity index is 496. The monoisotopic (exact) mass is 267 g/mol. The molecule has 1 rings (SSSR count). The van der Waals surface area contributed by atoms with E-state index in [0.29, 0.717) is 5.56 Å². The van der Waals surface area contributed by atoms with Crippen molar-refractivity contribution < 1.29 is 24.9 Å². The molecule has 0 saturated heterocycles. The summed E-state index contributed by atoms with van der Waals surface area (Å²) < 4.78 is 0. The lowest BCUT2D eigenvalue weighted by Crippen LogP contribution is -2.43. The van der Waals surface area contributed by atoms with E-state index in [9.17, 15) is 14.7 Å². The molecule has 0 amide bonds. The molecule has 0 fully saturated rings. The Morgan fingerprint density at radius 3 is 2.11 bits per heavy atom. The van der Waals surface area contributed by atoms with Gasteiger partial charge in [0.2, 0.25) is 0 Å². The topological polar surface area (TPSA) is 107 Å². The van der Waals surface area contributed by atoms with Gasteiger partial charge in [0, 0.05) is 17.3 Å². The Hall–Kier alpha value is -2.08. The minimum absolute atomic E-state index is 0.181. The van der Waals surface area contributed by atoms with Gasteiger partial charge < -0.3 is 20.6 Å². The number of anilines is 1. The second-order valence-corrected chi connectivity index (χ2v) is 4.65. The first-order chi connectivity index (χ1) is 8.69. The summed E-state index contributed by atoms with van der Waals surface area (Å²) in [5.41, 5.74) is -1.69. The molecule has 6 heteroatoms. The number of aryl methyl sites for hydroxylation is 1. The van der Waals surface area contributed by atoms with Crippen LogP contribution < -0.4 is 5.32 Å². The Morgan fingerprint density at radius 1 is 1.21 bits per heavy atom. The first kappa shape index (κ1) is 15.0. The van der Waals surface area contributed by atoms with Gasteiger partial charge in [0.05, 0.1) is 0 Å². The molecule has 4 N–H and O–H groups in total. The van der Waals surface area contributed by atoms with Crippen molar-refractivity contribution in [1.29, 1.82) is 0 Å². The lowest BCUT2D eigenvalue weighted by Gasteiger charge is -2.21. The van der Waals surface area contributed by atoms with E-state index in [2.05, 4.69) is 5.32 Å². The molecule has 0 aliphatic heterocycles. The second-order valence-electron chi connectivity index (χ2n) is 4.65. The van der Waals surface area contributed by atoms with Crippen LogP contribution in [0, 0.1) is 6.92 Å². The summed E-state index contributed by atoms with van der Waals surface area (Å²) in [6.07, 6.45) is 0. The van der Waals surface area contributed by atoms with Crippen LogP contribution in [0.15, 0.2) is 18.2 Å². The number of rotatable bonds is 5. The van der Waals surface area contributed by atoms with Gasteiger partial charge in [-0.25, -0.2) is 9.59 Å². The van der Waals surface area contributed by atoms with Crippen LogP contribution >= 0.6 is 0 Å². The van der Waals surface area contributed by atoms with Crippen LogP contribution in [0.25, 0.3) is 0 Å². The highest BCUT2D eigenvalue weighted by Gasteiger charge is 2.46. The highest BCUT2D eigenvalue weighted by Crippen LogP contribution is 2.26. The van der Waals surface area contributed by atoms with Crippen molar-refractivity contribution in [3.63, 3.8) is 0 Å². The Labute approximate surface area is 110 Å². The zero-order chi connectivity index (χ0) is 14.8. The molecule has 0 aliphatic rings. The first-order valence-corrected chi connectivity index (χ1v) is 5.76. The van der Waals surface area contributed by atoms with Crippen molar-refractivity contribution in [1.82, 2.24) is 0 Å². The summed E-state index contributed by atoms with van der Waals surface area (Å²) in [5.74, 6) is -3.63. The van der Waals surface area contributed by atoms with Gasteiger partial charge in [0.25, 0.3) is 5.60 Å². The quantitative estimate of drug-likeness (QED) is 0.597. The molecule has 0 aliphatic carbocycles. The standard InChI is InChI=1S/C13H17NO5/c1-7(2)14-10-5-4-9(6-8(10)3)13(19,11(15)16)12(17)18/h4-7,14,19H,1-3H3,(H,15,16)(H,17,18). The molecule has 0 saturated carbocycles. The maximum Gasteiger partial charge on any atom is 0.352 e. The highest BCUT2D eigenvalue weighted by molar-refractivity contribution is 6.02. The number of benzene rings is 1. The molecule has 0 radical (unpaired) electrons. The van der Waals surface area contributed by atoms with E-state index in [4.69, 9.17) is 10.2 Å². The van der Waals surface area contributed by atoms with Crippen LogP contribution in [0.4, 0.5) is 5.69 Å². The van der Waals surface area contributed by atoms with Crippen LogP contribution in [-0.4, -0.2) is 33.3 Å². The van der Waals surface area contributed by atoms with Crippen molar-refractivity contribution >= 4 is 17.6 Å². The fourth-order valence-corrected chi connectivity index (χ4v) is 1.70. The zero-order valence-corrected chi connectivity index (χ0v) is 11.0. The van der Waals surface area contributed by atoms with Gasteiger partial charge in [-0.3, -0.25) is 0 Å². The largest absolute Gasteiger partial charge is 0.478 e. The lowest BCUT2D eigenvalue weighted by molar-refractivity contribution is -0.177. The van der Waals surface area contributed by atoms with Crippen LogP contribution in [0.2, 0.25) is 0 Å².